The molecule has 0 aromatic carbocycles. The van der Waals surface area contributed by atoms with Crippen molar-refractivity contribution in [1.82, 2.24) is 0 Å². The third kappa shape index (κ3) is 241. The van der Waals surface area contributed by atoms with Crippen molar-refractivity contribution >= 4 is 0 Å². The van der Waals surface area contributed by atoms with Gasteiger partial charge >= 0.3 is 0 Å². The first kappa shape index (κ1) is 11.0. The van der Waals surface area contributed by atoms with Gasteiger partial charge < -0.3 is 15.3 Å². The van der Waals surface area contributed by atoms with Gasteiger partial charge in [0, 0.05) is 0 Å². The summed E-state index contributed by atoms with van der Waals surface area (Å²) < 4.78 is 0.500. The quantitative estimate of drug-likeness (QED) is 0.207. The summed E-state index contributed by atoms with van der Waals surface area (Å²) in [6.07, 6.45) is 0. The third-order valence-electron chi connectivity index (χ3n) is 0. The lowest BCUT2D eigenvalue weighted by Crippen LogP contribution is -2.41. The zero-order valence-corrected chi connectivity index (χ0v) is 5.70. The Morgan fingerprint density at radius 1 is 1.33 bits per heavy atom. The van der Waals surface area contributed by atoms with Crippen molar-refractivity contribution in [2.24, 2.45) is 5.84 Å². The van der Waals surface area contributed by atoms with Crippen LogP contribution in [-0.4, -0.2) is 30.8 Å². The molecule has 0 aromatic rings. The maximum Gasteiger partial charge on any atom is 0.0851 e. The molecule has 56 valence electrons. The molecule has 0 aromatic heterocycles. The van der Waals surface area contributed by atoms with E-state index in [0.717, 1.165) is 0 Å². The number of nitrogens with two attached hydrogens (primary N) is 1. The Balaban J connectivity index is 0. The summed E-state index contributed by atoms with van der Waals surface area (Å²) in [6, 6.07) is 0. The molecule has 0 saturated heterocycles. The summed E-state index contributed by atoms with van der Waals surface area (Å²) >= 11 is 0. The van der Waals surface area contributed by atoms with E-state index in [9.17, 15) is 0 Å². The Kier molecular flexibility index (Phi) is 4.94. The van der Waals surface area contributed by atoms with Gasteiger partial charge in [0.1, 0.15) is 0 Å². The van der Waals surface area contributed by atoms with E-state index in [4.69, 9.17) is 21.2 Å². The highest BCUT2D eigenvalue weighted by Crippen LogP contribution is 1.65. The molecular weight excluding hydrogens is 126 g/mol. The first-order valence-electron chi connectivity index (χ1n) is 2.15. The Bertz CT molecular complexity index is 76.8. The van der Waals surface area contributed by atoms with Crippen molar-refractivity contribution < 1.29 is 9.68 Å². The molecule has 0 aliphatic heterocycles. The number of rotatable bonds is 0. The fraction of sp³-hybridized carbons (Fsp3) is 1.00. The van der Waals surface area contributed by atoms with E-state index in [0.29, 0.717) is 4.59 Å². The summed E-state index contributed by atoms with van der Waals surface area (Å²) in [7, 11) is 5.71. The second-order valence-electron chi connectivity index (χ2n) is 2.34. The molecule has 0 radical (unpaired) electrons. The van der Waals surface area contributed by atoms with Gasteiger partial charge in [-0.15, -0.1) is 0 Å². The van der Waals surface area contributed by atoms with Crippen LogP contribution >= 0.6 is 0 Å². The van der Waals surface area contributed by atoms with Crippen LogP contribution in [0.15, 0.2) is 0 Å². The SMILES string of the molecule is C[N+](C)(C)N.O=[N+]([O-])[O-]. The minimum Gasteiger partial charge on any atom is -0.356 e. The largest absolute Gasteiger partial charge is 0.356 e. The van der Waals surface area contributed by atoms with Gasteiger partial charge in [0.05, 0.1) is 26.2 Å². The van der Waals surface area contributed by atoms with E-state index < -0.39 is 5.09 Å². The Morgan fingerprint density at radius 2 is 1.33 bits per heavy atom. The summed E-state index contributed by atoms with van der Waals surface area (Å²) in [4.78, 5) is 8.25. The number of hydrogen-bond donors (Lipinski definition) is 1. The minimum absolute atomic E-state index is 0.500. The second kappa shape index (κ2) is 4.04. The molecule has 0 saturated carbocycles. The first-order chi connectivity index (χ1) is 3.73. The lowest BCUT2D eigenvalue weighted by Gasteiger charge is -2.12. The molecule has 0 spiro atoms. The summed E-state index contributed by atoms with van der Waals surface area (Å²) in [6.45, 7) is 0. The van der Waals surface area contributed by atoms with E-state index >= 15 is 0 Å². The molecule has 0 atom stereocenters. The van der Waals surface area contributed by atoms with Crippen LogP contribution in [0.4, 0.5) is 0 Å². The van der Waals surface area contributed by atoms with Crippen LogP contribution in [0.3, 0.4) is 0 Å². The van der Waals surface area contributed by atoms with Crippen molar-refractivity contribution in [3.63, 3.8) is 0 Å². The average Bonchev–Trinajstić information content (AvgIpc) is 1.19. The van der Waals surface area contributed by atoms with Crippen LogP contribution in [0.25, 0.3) is 0 Å². The van der Waals surface area contributed by atoms with Gasteiger partial charge in [-0.05, 0) is 0 Å². The van der Waals surface area contributed by atoms with Crippen LogP contribution in [0.2, 0.25) is 0 Å². The summed E-state index contributed by atoms with van der Waals surface area (Å²) in [5.41, 5.74) is 0. The molecule has 6 heteroatoms. The van der Waals surface area contributed by atoms with Crippen molar-refractivity contribution in [1.29, 1.82) is 0 Å². The van der Waals surface area contributed by atoms with Crippen LogP contribution in [-0.2, 0) is 0 Å². The number of nitrogens with zero attached hydrogens (tertiary/aromatic N) is 2. The lowest BCUT2D eigenvalue weighted by molar-refractivity contribution is -0.882. The fourth-order valence-corrected chi connectivity index (χ4v) is 0. The predicted molar refractivity (Wildman–Crippen MR) is 32.6 cm³/mol. The maximum absolute atomic E-state index is 8.25. The predicted octanol–water partition coefficient (Wildman–Crippen LogP) is -0.673. The molecule has 0 bridgehead atoms. The maximum atomic E-state index is 8.25. The van der Waals surface area contributed by atoms with Gasteiger partial charge in [-0.1, -0.05) is 0 Å². The topological polar surface area (TPSA) is 92.2 Å². The van der Waals surface area contributed by atoms with Gasteiger partial charge in [0.15, 0.2) is 0 Å². The van der Waals surface area contributed by atoms with Crippen LogP contribution in [0.5, 0.6) is 0 Å². The molecule has 0 aliphatic rings. The van der Waals surface area contributed by atoms with Gasteiger partial charge in [0.2, 0.25) is 0 Å². The van der Waals surface area contributed by atoms with Crippen LogP contribution < -0.4 is 5.84 Å². The molecule has 6 nitrogen and oxygen atoms in total. The smallest absolute Gasteiger partial charge is 0.0851 e. The van der Waals surface area contributed by atoms with Crippen molar-refractivity contribution in [3.8, 4) is 0 Å². The molecule has 0 heterocycles. The van der Waals surface area contributed by atoms with Gasteiger partial charge in [-0.3, -0.25) is 4.59 Å². The standard InChI is InChI=1S/C3H11N2.NO3/c1-5(2,3)4;2-1(3)4/h4H2,1-3H3;/q+1;-1. The molecule has 9 heavy (non-hydrogen) atoms. The van der Waals surface area contributed by atoms with E-state index in [2.05, 4.69) is 0 Å². The molecule has 2 N–H and O–H groups in total. The molecular formula is C3H11N3O3. The summed E-state index contributed by atoms with van der Waals surface area (Å²) in [5, 5.41) is 14.8. The van der Waals surface area contributed by atoms with Gasteiger partial charge in [0.25, 0.3) is 0 Å². The Morgan fingerprint density at radius 3 is 1.33 bits per heavy atom. The lowest BCUT2D eigenvalue weighted by atomic mass is 10.9. The Labute approximate surface area is 53.2 Å². The molecule has 0 unspecified atom stereocenters. The molecule has 0 amide bonds. The zero-order valence-electron chi connectivity index (χ0n) is 5.70. The Hall–Kier alpha value is -0.880. The fourth-order valence-electron chi connectivity index (χ4n) is 0. The van der Waals surface area contributed by atoms with Crippen LogP contribution in [0, 0.1) is 15.3 Å². The van der Waals surface area contributed by atoms with Gasteiger partial charge in [-0.2, -0.15) is 5.84 Å². The van der Waals surface area contributed by atoms with E-state index in [1.165, 1.54) is 0 Å². The number of hydrogen-bond acceptors (Lipinski definition) is 4. The van der Waals surface area contributed by atoms with E-state index in [1.807, 2.05) is 21.1 Å². The van der Waals surface area contributed by atoms with Crippen molar-refractivity contribution in [2.45, 2.75) is 0 Å². The van der Waals surface area contributed by atoms with Crippen LogP contribution in [0.1, 0.15) is 0 Å². The molecule has 0 rings (SSSR count). The van der Waals surface area contributed by atoms with Gasteiger partial charge in [-0.25, -0.2) is 0 Å². The average molecular weight is 137 g/mol. The second-order valence-corrected chi connectivity index (χ2v) is 2.34. The normalized spacial score (nSPS) is 9.33. The van der Waals surface area contributed by atoms with Crippen molar-refractivity contribution in [2.75, 3.05) is 21.1 Å². The third-order valence-corrected chi connectivity index (χ3v) is 0. The minimum atomic E-state index is -1.75. The highest BCUT2D eigenvalue weighted by atomic mass is 16.9. The highest BCUT2D eigenvalue weighted by Gasteiger charge is 1.89. The van der Waals surface area contributed by atoms with E-state index in [-0.39, 0.29) is 0 Å². The number of quaternary nitrogens is 1. The first-order valence-corrected chi connectivity index (χ1v) is 2.15. The summed E-state index contributed by atoms with van der Waals surface area (Å²) in [5.74, 6) is 5.29. The monoisotopic (exact) mass is 137 g/mol. The molecule has 0 fully saturated rings. The van der Waals surface area contributed by atoms with Crippen molar-refractivity contribution in [3.05, 3.63) is 15.3 Å². The molecule has 0 aliphatic carbocycles. The van der Waals surface area contributed by atoms with E-state index in [1.54, 1.807) is 0 Å². The highest BCUT2D eigenvalue weighted by molar-refractivity contribution is 4.03. The zero-order chi connectivity index (χ0) is 8.08.